The lowest BCUT2D eigenvalue weighted by Crippen LogP contribution is -2.29. The summed E-state index contributed by atoms with van der Waals surface area (Å²) in [5, 5.41) is 4.19. The highest BCUT2D eigenvalue weighted by molar-refractivity contribution is 5.80. The van der Waals surface area contributed by atoms with Gasteiger partial charge in [0.25, 0.3) is 6.01 Å². The van der Waals surface area contributed by atoms with Gasteiger partial charge >= 0.3 is 0 Å². The number of hydrogen-bond donors (Lipinski definition) is 1. The van der Waals surface area contributed by atoms with Crippen molar-refractivity contribution in [3.05, 3.63) is 42.2 Å². The first kappa shape index (κ1) is 13.8. The molecule has 1 saturated heterocycles. The molecule has 118 valence electrons. The van der Waals surface area contributed by atoms with Crippen LogP contribution < -0.4 is 10.6 Å². The molecule has 23 heavy (non-hydrogen) atoms. The molecule has 0 saturated carbocycles. The van der Waals surface area contributed by atoms with Crippen molar-refractivity contribution in [2.24, 2.45) is 18.7 Å². The quantitative estimate of drug-likeness (QED) is 0.786. The summed E-state index contributed by atoms with van der Waals surface area (Å²) in [6.45, 7) is 1.13. The Morgan fingerprint density at radius 3 is 2.87 bits per heavy atom. The molecule has 1 fully saturated rings. The second kappa shape index (κ2) is 5.12. The third kappa shape index (κ3) is 2.34. The number of para-hydroxylation sites is 2. The number of hydrogen-bond acceptors (Lipinski definition) is 5. The molecule has 3 aromatic rings. The summed E-state index contributed by atoms with van der Waals surface area (Å²) >= 11 is 0. The van der Waals surface area contributed by atoms with Gasteiger partial charge in [-0.3, -0.25) is 9.48 Å². The number of nitrogens with two attached hydrogens (primary N) is 1. The minimum absolute atomic E-state index is 0.00351. The lowest BCUT2D eigenvalue weighted by Gasteiger charge is -2.12. The van der Waals surface area contributed by atoms with Crippen LogP contribution in [-0.2, 0) is 11.8 Å². The third-order valence-corrected chi connectivity index (χ3v) is 4.39. The van der Waals surface area contributed by atoms with Crippen molar-refractivity contribution in [1.29, 1.82) is 0 Å². The van der Waals surface area contributed by atoms with Crippen LogP contribution in [0.4, 0.5) is 6.01 Å². The molecule has 2 aromatic heterocycles. The zero-order chi connectivity index (χ0) is 16.0. The van der Waals surface area contributed by atoms with Crippen LogP contribution in [0.25, 0.3) is 11.1 Å². The highest BCUT2D eigenvalue weighted by atomic mass is 16.4. The van der Waals surface area contributed by atoms with Crippen LogP contribution in [0.3, 0.4) is 0 Å². The maximum Gasteiger partial charge on any atom is 0.298 e. The molecule has 2 N–H and O–H groups in total. The molecular weight excluding hydrogens is 294 g/mol. The molecule has 0 bridgehead atoms. The number of carbonyl (C=O) groups is 1. The van der Waals surface area contributed by atoms with E-state index in [1.54, 1.807) is 10.9 Å². The number of aryl methyl sites for hydroxylation is 1. The number of aromatic nitrogens is 3. The van der Waals surface area contributed by atoms with E-state index in [1.807, 2.05) is 42.4 Å². The monoisotopic (exact) mass is 311 g/mol. The average molecular weight is 311 g/mol. The summed E-state index contributed by atoms with van der Waals surface area (Å²) in [7, 11) is 1.86. The summed E-state index contributed by atoms with van der Waals surface area (Å²) in [5.41, 5.74) is 8.16. The number of rotatable bonds is 3. The van der Waals surface area contributed by atoms with Crippen LogP contribution in [-0.4, -0.2) is 33.8 Å². The Kier molecular flexibility index (Phi) is 3.07. The van der Waals surface area contributed by atoms with E-state index in [2.05, 4.69) is 10.1 Å². The minimum atomic E-state index is -0.308. The average Bonchev–Trinajstić information content (AvgIpc) is 3.23. The zero-order valence-corrected chi connectivity index (χ0v) is 12.7. The molecule has 0 radical (unpaired) electrons. The molecule has 1 amide bonds. The van der Waals surface area contributed by atoms with Gasteiger partial charge in [-0.1, -0.05) is 12.1 Å². The molecule has 3 heterocycles. The zero-order valence-electron chi connectivity index (χ0n) is 12.7. The van der Waals surface area contributed by atoms with Crippen molar-refractivity contribution >= 4 is 23.0 Å². The molecule has 0 aliphatic carbocycles. The van der Waals surface area contributed by atoms with Gasteiger partial charge in [-0.05, 0) is 17.7 Å². The largest absolute Gasteiger partial charge is 0.423 e. The molecule has 1 aromatic carbocycles. The van der Waals surface area contributed by atoms with E-state index in [0.29, 0.717) is 19.1 Å². The smallest absolute Gasteiger partial charge is 0.298 e. The second-order valence-electron chi connectivity index (χ2n) is 5.93. The van der Waals surface area contributed by atoms with E-state index in [9.17, 15) is 4.79 Å². The Morgan fingerprint density at radius 2 is 2.17 bits per heavy atom. The molecule has 0 spiro atoms. The SMILES string of the molecule is Cn1cc([C@H]2CN(c3nc4ccccc4o3)C[C@@H]2C(N)=O)cn1. The van der Waals surface area contributed by atoms with Crippen LogP contribution in [0.15, 0.2) is 41.1 Å². The summed E-state index contributed by atoms with van der Waals surface area (Å²) in [5.74, 6) is -0.595. The first-order chi connectivity index (χ1) is 11.1. The lowest BCUT2D eigenvalue weighted by molar-refractivity contribution is -0.121. The van der Waals surface area contributed by atoms with Gasteiger partial charge < -0.3 is 15.1 Å². The maximum atomic E-state index is 11.9. The molecule has 1 aliphatic heterocycles. The van der Waals surface area contributed by atoms with Crippen molar-refractivity contribution in [2.45, 2.75) is 5.92 Å². The van der Waals surface area contributed by atoms with E-state index in [-0.39, 0.29) is 17.7 Å². The van der Waals surface area contributed by atoms with E-state index in [0.717, 1.165) is 16.7 Å². The summed E-state index contributed by atoms with van der Waals surface area (Å²) in [6, 6.07) is 8.15. The van der Waals surface area contributed by atoms with Crippen LogP contribution in [0.2, 0.25) is 0 Å². The number of benzene rings is 1. The standard InChI is InChI=1S/C16H17N5O2/c1-20-7-10(6-18-20)11-8-21(9-12(11)15(17)22)16-19-13-4-2-3-5-14(13)23-16/h2-7,11-12H,8-9H2,1H3,(H2,17,22)/t11-,12+/m1/s1. The Bertz CT molecular complexity index is 835. The number of anilines is 1. The Hall–Kier alpha value is -2.83. The second-order valence-corrected chi connectivity index (χ2v) is 5.93. The minimum Gasteiger partial charge on any atom is -0.423 e. The van der Waals surface area contributed by atoms with Crippen molar-refractivity contribution in [3.63, 3.8) is 0 Å². The fourth-order valence-electron chi connectivity index (χ4n) is 3.21. The highest BCUT2D eigenvalue weighted by Gasteiger charge is 2.39. The first-order valence-corrected chi connectivity index (χ1v) is 7.50. The van der Waals surface area contributed by atoms with Crippen molar-refractivity contribution in [2.75, 3.05) is 18.0 Å². The van der Waals surface area contributed by atoms with Gasteiger partial charge in [0.1, 0.15) is 5.52 Å². The maximum absolute atomic E-state index is 11.9. The van der Waals surface area contributed by atoms with Gasteiger partial charge in [0.15, 0.2) is 5.58 Å². The number of carbonyl (C=O) groups excluding carboxylic acids is 1. The Balaban J connectivity index is 1.67. The molecule has 7 heteroatoms. The molecule has 7 nitrogen and oxygen atoms in total. The van der Waals surface area contributed by atoms with Crippen LogP contribution in [0, 0.1) is 5.92 Å². The van der Waals surface area contributed by atoms with Crippen LogP contribution in [0.1, 0.15) is 11.5 Å². The number of fused-ring (bicyclic) bond motifs is 1. The fraction of sp³-hybridized carbons (Fsp3) is 0.312. The molecule has 0 unspecified atom stereocenters. The highest BCUT2D eigenvalue weighted by Crippen LogP contribution is 2.35. The molecular formula is C16H17N5O2. The van der Waals surface area contributed by atoms with Crippen molar-refractivity contribution in [3.8, 4) is 0 Å². The van der Waals surface area contributed by atoms with Crippen molar-refractivity contribution in [1.82, 2.24) is 14.8 Å². The summed E-state index contributed by atoms with van der Waals surface area (Å²) in [4.78, 5) is 18.3. The predicted molar refractivity (Wildman–Crippen MR) is 84.9 cm³/mol. The van der Waals surface area contributed by atoms with E-state index in [1.165, 1.54) is 0 Å². The topological polar surface area (TPSA) is 90.2 Å². The Morgan fingerprint density at radius 1 is 1.35 bits per heavy atom. The normalized spacial score (nSPS) is 21.2. The van der Waals surface area contributed by atoms with Gasteiger partial charge in [0.05, 0.1) is 12.1 Å². The molecule has 1 aliphatic rings. The Labute approximate surface area is 132 Å². The first-order valence-electron chi connectivity index (χ1n) is 7.50. The van der Waals surface area contributed by atoms with Gasteiger partial charge in [-0.15, -0.1) is 0 Å². The van der Waals surface area contributed by atoms with Crippen molar-refractivity contribution < 1.29 is 9.21 Å². The number of nitrogens with zero attached hydrogens (tertiary/aromatic N) is 4. The van der Waals surface area contributed by atoms with E-state index < -0.39 is 0 Å². The van der Waals surface area contributed by atoms with Gasteiger partial charge in [0, 0.05) is 32.3 Å². The number of amides is 1. The van der Waals surface area contributed by atoms with Gasteiger partial charge in [0.2, 0.25) is 5.91 Å². The summed E-state index contributed by atoms with van der Waals surface area (Å²) < 4.78 is 7.54. The summed E-state index contributed by atoms with van der Waals surface area (Å²) in [6.07, 6.45) is 3.71. The predicted octanol–water partition coefficient (Wildman–Crippen LogP) is 1.27. The molecule has 4 rings (SSSR count). The third-order valence-electron chi connectivity index (χ3n) is 4.39. The molecule has 2 atom stereocenters. The van der Waals surface area contributed by atoms with Crippen LogP contribution >= 0.6 is 0 Å². The van der Waals surface area contributed by atoms with Crippen LogP contribution in [0.5, 0.6) is 0 Å². The van der Waals surface area contributed by atoms with E-state index >= 15 is 0 Å². The number of primary amides is 1. The van der Waals surface area contributed by atoms with Gasteiger partial charge in [-0.2, -0.15) is 10.1 Å². The van der Waals surface area contributed by atoms with E-state index in [4.69, 9.17) is 10.2 Å². The number of oxazole rings is 1. The lowest BCUT2D eigenvalue weighted by atomic mass is 9.90. The fourth-order valence-corrected chi connectivity index (χ4v) is 3.21. The van der Waals surface area contributed by atoms with Gasteiger partial charge in [-0.25, -0.2) is 0 Å².